The van der Waals surface area contributed by atoms with E-state index < -0.39 is 23.3 Å². The van der Waals surface area contributed by atoms with Crippen LogP contribution in [-0.2, 0) is 41.2 Å². The van der Waals surface area contributed by atoms with Crippen molar-refractivity contribution in [2.75, 3.05) is 11.5 Å². The summed E-state index contributed by atoms with van der Waals surface area (Å²) in [6, 6.07) is 17.6. The van der Waals surface area contributed by atoms with Crippen molar-refractivity contribution in [3.8, 4) is 22.9 Å². The molecule has 3 aromatic carbocycles. The number of nitrogens with two attached hydrogens (primary N) is 2. The number of ether oxygens (including phenoxy) is 1. The number of hydrogen-bond donors (Lipinski definition) is 3. The molecule has 2 aliphatic heterocycles. The van der Waals surface area contributed by atoms with Crippen LogP contribution in [0.1, 0.15) is 100 Å². The molecule has 5 N–H and O–H groups in total. The van der Waals surface area contributed by atoms with E-state index in [4.69, 9.17) is 16.2 Å². The van der Waals surface area contributed by atoms with Gasteiger partial charge < -0.3 is 21.1 Å². The number of benzene rings is 3. The highest BCUT2D eigenvalue weighted by Crippen LogP contribution is 2.55. The molecule has 0 bridgehead atoms. The van der Waals surface area contributed by atoms with E-state index >= 15 is 0 Å². The number of nitrogens with zero attached hydrogens (tertiary/aromatic N) is 6. The van der Waals surface area contributed by atoms with Crippen LogP contribution < -0.4 is 32.8 Å². The van der Waals surface area contributed by atoms with Crippen molar-refractivity contribution in [2.24, 2.45) is 7.05 Å². The molecule has 7 rings (SSSR count). The van der Waals surface area contributed by atoms with Crippen LogP contribution in [0, 0.1) is 6.92 Å². The van der Waals surface area contributed by atoms with E-state index in [1.165, 1.54) is 17.8 Å². The number of amides is 1. The van der Waals surface area contributed by atoms with Crippen molar-refractivity contribution in [1.82, 2.24) is 34.3 Å². The Hall–Kier alpha value is -5.82. The highest BCUT2D eigenvalue weighted by atomic mass is 16.5. The minimum atomic E-state index is -0.794. The Kier molecular flexibility index (Phi) is 9.23. The lowest BCUT2D eigenvalue weighted by molar-refractivity contribution is -0.131. The second-order valence-electron chi connectivity index (χ2n) is 17.6. The molecule has 292 valence electrons. The number of rotatable bonds is 6. The van der Waals surface area contributed by atoms with Gasteiger partial charge in [-0.25, -0.2) is 4.79 Å². The first-order valence-corrected chi connectivity index (χ1v) is 18.9. The smallest absolute Gasteiger partial charge is 0.330 e. The van der Waals surface area contributed by atoms with Gasteiger partial charge in [-0.1, -0.05) is 97.9 Å². The molecular weight excluding hydrogens is 707 g/mol. The molecule has 1 fully saturated rings. The average Bonchev–Trinajstić information content (AvgIpc) is 3.41. The lowest BCUT2D eigenvalue weighted by Crippen LogP contribution is -2.43. The minimum absolute atomic E-state index is 0.00237. The summed E-state index contributed by atoms with van der Waals surface area (Å²) in [7, 11) is 1.45. The maximum absolute atomic E-state index is 14.6. The van der Waals surface area contributed by atoms with Gasteiger partial charge in [0.25, 0.3) is 5.56 Å². The van der Waals surface area contributed by atoms with Gasteiger partial charge in [0.2, 0.25) is 17.8 Å². The monoisotopic (exact) mass is 757 g/mol. The van der Waals surface area contributed by atoms with Crippen LogP contribution in [-0.4, -0.2) is 40.9 Å². The largest absolute Gasteiger partial charge is 0.456 e. The zero-order chi connectivity index (χ0) is 40.6. The van der Waals surface area contributed by atoms with E-state index in [0.717, 1.165) is 37.9 Å². The molecule has 1 saturated heterocycles. The quantitative estimate of drug-likeness (QED) is 0.198. The lowest BCUT2D eigenvalue weighted by Gasteiger charge is -2.40. The first-order chi connectivity index (χ1) is 26.1. The average molecular weight is 758 g/mol. The number of aromatic nitrogens is 5. The highest BCUT2D eigenvalue weighted by molar-refractivity contribution is 5.85. The number of aryl methyl sites for hydroxylation is 1. The molecule has 0 radical (unpaired) electrons. The predicted octanol–water partition coefficient (Wildman–Crippen LogP) is 5.60. The van der Waals surface area contributed by atoms with Gasteiger partial charge >= 0.3 is 5.69 Å². The number of fused-ring (bicyclic) bond motifs is 2. The molecule has 2 aliphatic rings. The summed E-state index contributed by atoms with van der Waals surface area (Å²) in [4.78, 5) is 55.4. The van der Waals surface area contributed by atoms with Gasteiger partial charge in [0.15, 0.2) is 5.82 Å². The lowest BCUT2D eigenvalue weighted by atomic mass is 9.70. The molecule has 2 aromatic heterocycles. The SMILES string of the molecule is Cc1cn(C[C@@H]2N[C@H](c3cc(C(C)(C)C)cc4c3Oc3c(-c5nc(N)nc(N)n5)cc(C(C)(C)C)cc3C4(C)C)N(Cc3ccccc3)C2=O)c(=O)n(C)c1=O. The van der Waals surface area contributed by atoms with Crippen LogP contribution >= 0.6 is 0 Å². The molecule has 0 unspecified atom stereocenters. The number of carbonyl (C=O) groups is 1. The first kappa shape index (κ1) is 38.5. The standard InChI is InChI=1S/C43H51N9O4/c1-23-20-51(40(55)50(10)36(23)53)22-31-37(54)52(21-24-14-12-11-13-15-24)35(46-31)28-17-26(42(5,6)7)19-30-33(28)56-32-27(34-47-38(44)49-39(45)48-34)16-25(41(2,3)4)18-29(32)43(30,8)9/h11-20,31,35,46H,21-22H2,1-10H3,(H4,44,45,47,48,49)/t31-,35-/m0/s1. The van der Waals surface area contributed by atoms with Crippen molar-refractivity contribution in [3.05, 3.63) is 121 Å². The van der Waals surface area contributed by atoms with Crippen molar-refractivity contribution in [1.29, 1.82) is 0 Å². The van der Waals surface area contributed by atoms with Crippen LogP contribution in [0.15, 0.2) is 70.4 Å². The maximum Gasteiger partial charge on any atom is 0.330 e. The van der Waals surface area contributed by atoms with Crippen LogP contribution in [0.4, 0.5) is 11.9 Å². The third-order valence-electron chi connectivity index (χ3n) is 11.0. The summed E-state index contributed by atoms with van der Waals surface area (Å²) in [6.07, 6.45) is 0.860. The molecule has 1 amide bonds. The summed E-state index contributed by atoms with van der Waals surface area (Å²) < 4.78 is 9.65. The molecule has 0 aliphatic carbocycles. The van der Waals surface area contributed by atoms with E-state index in [2.05, 4.69) is 93.9 Å². The van der Waals surface area contributed by atoms with E-state index in [9.17, 15) is 14.4 Å². The van der Waals surface area contributed by atoms with Crippen LogP contribution in [0.25, 0.3) is 11.4 Å². The maximum atomic E-state index is 14.6. The minimum Gasteiger partial charge on any atom is -0.456 e. The summed E-state index contributed by atoms with van der Waals surface area (Å²) in [6.45, 7) is 19.3. The molecule has 0 saturated carbocycles. The Balaban J connectivity index is 1.45. The summed E-state index contributed by atoms with van der Waals surface area (Å²) in [5, 5.41) is 3.61. The van der Waals surface area contributed by atoms with E-state index in [0.29, 0.717) is 35.0 Å². The van der Waals surface area contributed by atoms with Gasteiger partial charge in [0.1, 0.15) is 23.7 Å². The van der Waals surface area contributed by atoms with Crippen molar-refractivity contribution in [2.45, 2.75) is 104 Å². The number of carbonyl (C=O) groups excluding carboxylic acids is 1. The molecule has 13 heteroatoms. The third kappa shape index (κ3) is 6.74. The molecular formula is C43H51N9O4. The second kappa shape index (κ2) is 13.4. The van der Waals surface area contributed by atoms with Gasteiger partial charge in [0, 0.05) is 47.5 Å². The molecule has 2 atom stereocenters. The molecule has 56 heavy (non-hydrogen) atoms. The molecule has 13 nitrogen and oxygen atoms in total. The fourth-order valence-electron chi connectivity index (χ4n) is 7.68. The second-order valence-corrected chi connectivity index (χ2v) is 17.6. The topological polar surface area (TPSA) is 176 Å². The van der Waals surface area contributed by atoms with Crippen LogP contribution in [0.2, 0.25) is 0 Å². The molecule has 4 heterocycles. The van der Waals surface area contributed by atoms with Gasteiger partial charge in [-0.2, -0.15) is 15.0 Å². The van der Waals surface area contributed by atoms with Crippen LogP contribution in [0.3, 0.4) is 0 Å². The zero-order valence-corrected chi connectivity index (χ0v) is 33.8. The number of hydrogen-bond acceptors (Lipinski definition) is 10. The van der Waals surface area contributed by atoms with E-state index in [1.807, 2.05) is 41.3 Å². The zero-order valence-electron chi connectivity index (χ0n) is 33.8. The predicted molar refractivity (Wildman–Crippen MR) is 217 cm³/mol. The van der Waals surface area contributed by atoms with Crippen molar-refractivity contribution in [3.63, 3.8) is 0 Å². The van der Waals surface area contributed by atoms with Gasteiger partial charge in [-0.05, 0) is 46.6 Å². The highest BCUT2D eigenvalue weighted by Gasteiger charge is 2.45. The Morgan fingerprint density at radius 1 is 0.839 bits per heavy atom. The van der Waals surface area contributed by atoms with Gasteiger partial charge in [0.05, 0.1) is 12.1 Å². The Morgan fingerprint density at radius 2 is 1.43 bits per heavy atom. The fraction of sp³-hybridized carbons (Fsp3) is 0.395. The Morgan fingerprint density at radius 3 is 2.04 bits per heavy atom. The number of nitrogen functional groups attached to an aromatic ring is 2. The van der Waals surface area contributed by atoms with Crippen LogP contribution in [0.5, 0.6) is 11.5 Å². The van der Waals surface area contributed by atoms with E-state index in [-0.39, 0.29) is 40.7 Å². The van der Waals surface area contributed by atoms with Crippen molar-refractivity contribution < 1.29 is 9.53 Å². The normalized spacial score (nSPS) is 17.8. The van der Waals surface area contributed by atoms with E-state index in [1.54, 1.807) is 6.92 Å². The molecule has 5 aromatic rings. The molecule has 0 spiro atoms. The summed E-state index contributed by atoms with van der Waals surface area (Å²) in [5.74, 6) is 1.27. The fourth-order valence-corrected chi connectivity index (χ4v) is 7.68. The van der Waals surface area contributed by atoms with Gasteiger partial charge in [-0.15, -0.1) is 0 Å². The van der Waals surface area contributed by atoms with Gasteiger partial charge in [-0.3, -0.25) is 24.0 Å². The third-order valence-corrected chi connectivity index (χ3v) is 11.0. The van der Waals surface area contributed by atoms with Crippen molar-refractivity contribution >= 4 is 17.8 Å². The summed E-state index contributed by atoms with van der Waals surface area (Å²) in [5.41, 5.74) is 17.0. The first-order valence-electron chi connectivity index (χ1n) is 18.9. The summed E-state index contributed by atoms with van der Waals surface area (Å²) >= 11 is 0. The Bertz CT molecular complexity index is 2490. The number of anilines is 2. The number of nitrogens with one attached hydrogen (secondary N) is 1. The Labute approximate surface area is 326 Å².